The maximum absolute atomic E-state index is 11.9. The van der Waals surface area contributed by atoms with Crippen molar-refractivity contribution >= 4 is 34.2 Å². The first-order chi connectivity index (χ1) is 12.4. The molecule has 9 heteroatoms. The van der Waals surface area contributed by atoms with Crippen molar-refractivity contribution < 1.29 is 14.5 Å². The highest BCUT2D eigenvalue weighted by atomic mass is 35.5. The molecule has 1 heterocycles. The number of nitrogens with zero attached hydrogens (tertiary/aromatic N) is 2. The van der Waals surface area contributed by atoms with E-state index in [1.54, 1.807) is 24.3 Å². The van der Waals surface area contributed by atoms with Crippen LogP contribution in [0, 0.1) is 17.0 Å². The van der Waals surface area contributed by atoms with Gasteiger partial charge in [-0.1, -0.05) is 11.6 Å². The first-order valence-corrected chi connectivity index (χ1v) is 8.09. The van der Waals surface area contributed by atoms with Gasteiger partial charge in [0.25, 0.3) is 11.6 Å². The summed E-state index contributed by atoms with van der Waals surface area (Å²) in [5.41, 5.74) is 1.94. The van der Waals surface area contributed by atoms with Crippen LogP contribution in [0.3, 0.4) is 0 Å². The van der Waals surface area contributed by atoms with E-state index in [-0.39, 0.29) is 24.7 Å². The first-order valence-electron chi connectivity index (χ1n) is 7.71. The van der Waals surface area contributed by atoms with Crippen LogP contribution >= 0.6 is 11.6 Å². The van der Waals surface area contributed by atoms with E-state index in [0.29, 0.717) is 27.6 Å². The number of amides is 1. The van der Waals surface area contributed by atoms with E-state index in [1.807, 2.05) is 6.92 Å². The molecule has 1 aromatic heterocycles. The fraction of sp³-hybridized carbons (Fsp3) is 0.176. The highest BCUT2D eigenvalue weighted by molar-refractivity contribution is 6.30. The van der Waals surface area contributed by atoms with Gasteiger partial charge in [-0.3, -0.25) is 14.9 Å². The maximum atomic E-state index is 11.9. The molecule has 3 aromatic rings. The Morgan fingerprint density at radius 3 is 2.88 bits per heavy atom. The van der Waals surface area contributed by atoms with E-state index in [9.17, 15) is 14.9 Å². The molecule has 1 amide bonds. The van der Waals surface area contributed by atoms with Crippen LogP contribution in [-0.2, 0) is 11.3 Å². The van der Waals surface area contributed by atoms with Gasteiger partial charge in [-0.25, -0.2) is 4.98 Å². The van der Waals surface area contributed by atoms with E-state index in [1.165, 1.54) is 12.1 Å². The van der Waals surface area contributed by atoms with E-state index < -0.39 is 4.92 Å². The largest absolute Gasteiger partial charge is 0.484 e. The molecule has 26 heavy (non-hydrogen) atoms. The number of imidazole rings is 1. The molecule has 0 fully saturated rings. The van der Waals surface area contributed by atoms with Crippen LogP contribution in [0.4, 0.5) is 5.69 Å². The van der Waals surface area contributed by atoms with Gasteiger partial charge in [0.1, 0.15) is 11.6 Å². The lowest BCUT2D eigenvalue weighted by atomic mass is 10.2. The van der Waals surface area contributed by atoms with Crippen LogP contribution < -0.4 is 10.1 Å². The molecule has 0 saturated carbocycles. The molecule has 0 aliphatic rings. The summed E-state index contributed by atoms with van der Waals surface area (Å²) >= 11 is 5.88. The van der Waals surface area contributed by atoms with Gasteiger partial charge in [-0.05, 0) is 36.8 Å². The number of H-pyrrole nitrogens is 1. The normalized spacial score (nSPS) is 10.7. The topological polar surface area (TPSA) is 110 Å². The van der Waals surface area contributed by atoms with Crippen molar-refractivity contribution in [3.8, 4) is 5.75 Å². The van der Waals surface area contributed by atoms with Gasteiger partial charge >= 0.3 is 0 Å². The first kappa shape index (κ1) is 17.7. The zero-order valence-electron chi connectivity index (χ0n) is 13.8. The summed E-state index contributed by atoms with van der Waals surface area (Å²) in [5.74, 6) is 0.767. The van der Waals surface area contributed by atoms with Crippen molar-refractivity contribution in [1.82, 2.24) is 15.3 Å². The highest BCUT2D eigenvalue weighted by Crippen LogP contribution is 2.21. The standard InChI is InChI=1S/C17H15ClN4O4/c1-10-6-11(18)2-5-15(10)26-9-17(23)19-8-16-20-13-4-3-12(22(24)25)7-14(13)21-16/h2-7H,8-9H2,1H3,(H,19,23)(H,20,21). The van der Waals surface area contributed by atoms with Crippen molar-refractivity contribution in [2.45, 2.75) is 13.5 Å². The van der Waals surface area contributed by atoms with Crippen LogP contribution in [0.25, 0.3) is 11.0 Å². The van der Waals surface area contributed by atoms with Gasteiger partial charge in [-0.2, -0.15) is 0 Å². The second-order valence-electron chi connectivity index (χ2n) is 5.62. The van der Waals surface area contributed by atoms with Gasteiger partial charge in [0, 0.05) is 17.2 Å². The molecule has 134 valence electrons. The van der Waals surface area contributed by atoms with Crippen molar-refractivity contribution in [1.29, 1.82) is 0 Å². The molecular formula is C17H15ClN4O4. The molecule has 3 rings (SSSR count). The summed E-state index contributed by atoms with van der Waals surface area (Å²) in [6, 6.07) is 9.49. The van der Waals surface area contributed by atoms with Crippen molar-refractivity contribution in [3.05, 3.63) is 62.9 Å². The zero-order chi connectivity index (χ0) is 18.7. The number of benzene rings is 2. The van der Waals surface area contributed by atoms with Crippen molar-refractivity contribution in [3.63, 3.8) is 0 Å². The summed E-state index contributed by atoms with van der Waals surface area (Å²) in [4.78, 5) is 29.5. The van der Waals surface area contributed by atoms with Gasteiger partial charge in [0.2, 0.25) is 0 Å². The van der Waals surface area contributed by atoms with Crippen LogP contribution in [0.2, 0.25) is 5.02 Å². The van der Waals surface area contributed by atoms with Crippen LogP contribution in [0.1, 0.15) is 11.4 Å². The maximum Gasteiger partial charge on any atom is 0.271 e. The molecule has 0 unspecified atom stereocenters. The number of halogens is 1. The number of aryl methyl sites for hydroxylation is 1. The number of rotatable bonds is 6. The number of hydrogen-bond donors (Lipinski definition) is 2. The number of nitro benzene ring substituents is 1. The van der Waals surface area contributed by atoms with Crippen LogP contribution in [0.15, 0.2) is 36.4 Å². The summed E-state index contributed by atoms with van der Waals surface area (Å²) in [6.07, 6.45) is 0. The number of aromatic nitrogens is 2. The van der Waals surface area contributed by atoms with Gasteiger partial charge < -0.3 is 15.0 Å². The summed E-state index contributed by atoms with van der Waals surface area (Å²) in [7, 11) is 0. The SMILES string of the molecule is Cc1cc(Cl)ccc1OCC(=O)NCc1nc2ccc([N+](=O)[O-])cc2[nH]1. The Labute approximate surface area is 153 Å². The average Bonchev–Trinajstić information content (AvgIpc) is 3.01. The number of aromatic amines is 1. The number of carbonyl (C=O) groups is 1. The zero-order valence-corrected chi connectivity index (χ0v) is 14.5. The molecule has 0 radical (unpaired) electrons. The van der Waals surface area contributed by atoms with Gasteiger partial charge in [0.05, 0.1) is 22.5 Å². The molecule has 2 N–H and O–H groups in total. The molecule has 0 bridgehead atoms. The number of ether oxygens (including phenoxy) is 1. The Morgan fingerprint density at radius 1 is 1.35 bits per heavy atom. The number of hydrogen-bond acceptors (Lipinski definition) is 5. The average molecular weight is 375 g/mol. The Morgan fingerprint density at radius 2 is 2.15 bits per heavy atom. The summed E-state index contributed by atoms with van der Waals surface area (Å²) < 4.78 is 5.47. The minimum atomic E-state index is -0.474. The highest BCUT2D eigenvalue weighted by Gasteiger charge is 2.11. The van der Waals surface area contributed by atoms with E-state index in [4.69, 9.17) is 16.3 Å². The fourth-order valence-corrected chi connectivity index (χ4v) is 2.63. The number of carbonyl (C=O) groups excluding carboxylic acids is 1. The Balaban J connectivity index is 1.57. The lowest BCUT2D eigenvalue weighted by Gasteiger charge is -2.09. The number of nitro groups is 1. The van der Waals surface area contributed by atoms with E-state index in [0.717, 1.165) is 5.56 Å². The number of fused-ring (bicyclic) bond motifs is 1. The molecule has 8 nitrogen and oxygen atoms in total. The summed E-state index contributed by atoms with van der Waals surface area (Å²) in [6.45, 7) is 1.85. The fourth-order valence-electron chi connectivity index (χ4n) is 2.40. The van der Waals surface area contributed by atoms with Crippen LogP contribution in [-0.4, -0.2) is 27.4 Å². The molecule has 0 atom stereocenters. The Hall–Kier alpha value is -3.13. The number of non-ortho nitro benzene ring substituents is 1. The van der Waals surface area contributed by atoms with Gasteiger partial charge in [0.15, 0.2) is 6.61 Å². The van der Waals surface area contributed by atoms with Gasteiger partial charge in [-0.15, -0.1) is 0 Å². The minimum absolute atomic E-state index is 0.0246. The molecule has 0 spiro atoms. The van der Waals surface area contributed by atoms with Crippen molar-refractivity contribution in [2.24, 2.45) is 0 Å². The molecule has 0 saturated heterocycles. The smallest absolute Gasteiger partial charge is 0.271 e. The second-order valence-corrected chi connectivity index (χ2v) is 6.05. The molecular weight excluding hydrogens is 360 g/mol. The van der Waals surface area contributed by atoms with E-state index in [2.05, 4.69) is 15.3 Å². The third kappa shape index (κ3) is 4.09. The number of nitrogens with one attached hydrogen (secondary N) is 2. The van der Waals surface area contributed by atoms with E-state index >= 15 is 0 Å². The molecule has 2 aromatic carbocycles. The van der Waals surface area contributed by atoms with Crippen molar-refractivity contribution in [2.75, 3.05) is 6.61 Å². The predicted molar refractivity (Wildman–Crippen MR) is 96.3 cm³/mol. The third-order valence-corrected chi connectivity index (χ3v) is 3.91. The Kier molecular flexibility index (Phi) is 5.04. The predicted octanol–water partition coefficient (Wildman–Crippen LogP) is 3.13. The lowest BCUT2D eigenvalue weighted by molar-refractivity contribution is -0.384. The minimum Gasteiger partial charge on any atom is -0.484 e. The molecule has 0 aliphatic heterocycles. The second kappa shape index (κ2) is 7.40. The third-order valence-electron chi connectivity index (χ3n) is 3.67. The monoisotopic (exact) mass is 374 g/mol. The van der Waals surface area contributed by atoms with Crippen LogP contribution in [0.5, 0.6) is 5.75 Å². The molecule has 0 aliphatic carbocycles. The lowest BCUT2D eigenvalue weighted by Crippen LogP contribution is -2.28. The summed E-state index contributed by atoms with van der Waals surface area (Å²) in [5, 5.41) is 14.1. The quantitative estimate of drug-likeness (QED) is 0.508. The Bertz CT molecular complexity index is 986.